The molecule has 6 heteroatoms. The molecule has 0 radical (unpaired) electrons. The molecule has 2 amide bonds. The van der Waals surface area contributed by atoms with E-state index >= 15 is 0 Å². The van der Waals surface area contributed by atoms with Gasteiger partial charge in [-0.15, -0.1) is 12.4 Å². The highest BCUT2D eigenvalue weighted by Gasteiger charge is 2.37. The Morgan fingerprint density at radius 2 is 1.96 bits per heavy atom. The summed E-state index contributed by atoms with van der Waals surface area (Å²) >= 11 is 0. The second-order valence-electron chi connectivity index (χ2n) is 7.81. The van der Waals surface area contributed by atoms with Crippen molar-refractivity contribution in [3.63, 3.8) is 0 Å². The summed E-state index contributed by atoms with van der Waals surface area (Å²) in [6.07, 6.45) is 4.53. The number of nitrogens with two attached hydrogens (primary N) is 1. The number of carbonyl (C=O) groups excluding carboxylic acids is 2. The normalized spacial score (nSPS) is 25.3. The third-order valence-electron chi connectivity index (χ3n) is 6.16. The van der Waals surface area contributed by atoms with Gasteiger partial charge < -0.3 is 16.0 Å². The Bertz CT molecular complexity index is 667. The van der Waals surface area contributed by atoms with E-state index in [9.17, 15) is 9.59 Å². The summed E-state index contributed by atoms with van der Waals surface area (Å²) in [5, 5.41) is 3.21. The Morgan fingerprint density at radius 1 is 1.26 bits per heavy atom. The van der Waals surface area contributed by atoms with Gasteiger partial charge in [-0.2, -0.15) is 0 Å². The lowest BCUT2D eigenvalue weighted by Crippen LogP contribution is -2.56. The fourth-order valence-corrected chi connectivity index (χ4v) is 4.23. The van der Waals surface area contributed by atoms with Crippen molar-refractivity contribution < 1.29 is 9.59 Å². The number of amides is 2. The second kappa shape index (κ2) is 9.56. The van der Waals surface area contributed by atoms with Gasteiger partial charge in [-0.1, -0.05) is 44.5 Å². The molecule has 4 unspecified atom stereocenters. The van der Waals surface area contributed by atoms with Crippen LogP contribution in [-0.4, -0.2) is 35.3 Å². The first-order valence-corrected chi connectivity index (χ1v) is 9.92. The van der Waals surface area contributed by atoms with Crippen LogP contribution in [0.5, 0.6) is 0 Å². The zero-order chi connectivity index (χ0) is 18.7. The fourth-order valence-electron chi connectivity index (χ4n) is 4.23. The van der Waals surface area contributed by atoms with Gasteiger partial charge in [-0.05, 0) is 42.9 Å². The quantitative estimate of drug-likeness (QED) is 0.807. The number of halogens is 1. The molecule has 0 spiro atoms. The minimum atomic E-state index is -0.426. The molecule has 150 valence electrons. The summed E-state index contributed by atoms with van der Waals surface area (Å²) in [5.74, 6) is 0.331. The molecule has 1 aromatic carbocycles. The van der Waals surface area contributed by atoms with Crippen LogP contribution in [0.3, 0.4) is 0 Å². The molecule has 1 fully saturated rings. The minimum Gasteiger partial charge on any atom is -0.351 e. The molecule has 1 aliphatic carbocycles. The molecule has 0 saturated heterocycles. The molecule has 5 nitrogen and oxygen atoms in total. The van der Waals surface area contributed by atoms with Crippen LogP contribution in [0.15, 0.2) is 24.3 Å². The molecular weight excluding hydrogens is 362 g/mol. The van der Waals surface area contributed by atoms with Crippen LogP contribution in [0.25, 0.3) is 0 Å². The molecular formula is C21H32ClN3O2. The number of fused-ring (bicyclic) bond motifs is 1. The van der Waals surface area contributed by atoms with Gasteiger partial charge in [-0.3, -0.25) is 9.59 Å². The SMILES string of the molecule is CCC(C)C(=O)N1Cc2ccccc2CC1C(=O)NC1CCCC1CN.Cl. The number of hydrogen-bond acceptors (Lipinski definition) is 3. The van der Waals surface area contributed by atoms with Gasteiger partial charge >= 0.3 is 0 Å². The Kier molecular flexibility index (Phi) is 7.68. The maximum atomic E-state index is 13.1. The van der Waals surface area contributed by atoms with Gasteiger partial charge in [0.05, 0.1) is 0 Å². The first-order chi connectivity index (χ1) is 12.5. The lowest BCUT2D eigenvalue weighted by molar-refractivity contribution is -0.145. The first kappa shape index (κ1) is 21.7. The van der Waals surface area contributed by atoms with E-state index < -0.39 is 6.04 Å². The maximum absolute atomic E-state index is 13.1. The maximum Gasteiger partial charge on any atom is 0.243 e. The molecule has 1 aromatic rings. The van der Waals surface area contributed by atoms with Crippen molar-refractivity contribution in [2.45, 2.75) is 64.6 Å². The number of hydrogen-bond donors (Lipinski definition) is 2. The zero-order valence-corrected chi connectivity index (χ0v) is 17.1. The lowest BCUT2D eigenvalue weighted by atomic mass is 9.91. The Labute approximate surface area is 168 Å². The third kappa shape index (κ3) is 4.64. The molecule has 27 heavy (non-hydrogen) atoms. The van der Waals surface area contributed by atoms with Crippen molar-refractivity contribution in [2.75, 3.05) is 6.54 Å². The predicted octanol–water partition coefficient (Wildman–Crippen LogP) is 2.65. The summed E-state index contributed by atoms with van der Waals surface area (Å²) < 4.78 is 0. The number of nitrogens with one attached hydrogen (secondary N) is 1. The van der Waals surface area contributed by atoms with Gasteiger partial charge in [0, 0.05) is 24.9 Å². The summed E-state index contributed by atoms with van der Waals surface area (Å²) in [6, 6.07) is 7.84. The summed E-state index contributed by atoms with van der Waals surface area (Å²) in [7, 11) is 0. The van der Waals surface area contributed by atoms with Crippen molar-refractivity contribution in [1.29, 1.82) is 0 Å². The first-order valence-electron chi connectivity index (χ1n) is 9.92. The van der Waals surface area contributed by atoms with E-state index in [0.717, 1.165) is 31.2 Å². The fraction of sp³-hybridized carbons (Fsp3) is 0.619. The molecule has 0 bridgehead atoms. The average molecular weight is 394 g/mol. The van der Waals surface area contributed by atoms with Crippen LogP contribution in [0, 0.1) is 11.8 Å². The highest BCUT2D eigenvalue weighted by molar-refractivity contribution is 5.89. The van der Waals surface area contributed by atoms with E-state index in [2.05, 4.69) is 17.4 Å². The van der Waals surface area contributed by atoms with Crippen molar-refractivity contribution in [1.82, 2.24) is 10.2 Å². The van der Waals surface area contributed by atoms with Crippen molar-refractivity contribution in [3.05, 3.63) is 35.4 Å². The van der Waals surface area contributed by atoms with E-state index in [1.165, 1.54) is 5.56 Å². The zero-order valence-electron chi connectivity index (χ0n) is 16.3. The van der Waals surface area contributed by atoms with E-state index in [4.69, 9.17) is 5.73 Å². The Morgan fingerprint density at radius 3 is 2.63 bits per heavy atom. The third-order valence-corrected chi connectivity index (χ3v) is 6.16. The Hall–Kier alpha value is -1.59. The number of carbonyl (C=O) groups is 2. The Balaban J connectivity index is 0.00000261. The van der Waals surface area contributed by atoms with Crippen LogP contribution in [0.1, 0.15) is 50.7 Å². The standard InChI is InChI=1S/C21H31N3O2.ClH/c1-3-14(2)21(26)24-13-17-8-5-4-7-15(17)11-19(24)20(25)23-18-10-6-9-16(18)12-22;/h4-5,7-8,14,16,18-19H,3,6,9-13,22H2,1-2H3,(H,23,25);1H. The number of nitrogens with zero attached hydrogens (tertiary/aromatic N) is 1. The largest absolute Gasteiger partial charge is 0.351 e. The van der Waals surface area contributed by atoms with E-state index in [1.807, 2.05) is 26.0 Å². The van der Waals surface area contributed by atoms with Gasteiger partial charge in [-0.25, -0.2) is 0 Å². The lowest BCUT2D eigenvalue weighted by Gasteiger charge is -2.38. The van der Waals surface area contributed by atoms with Gasteiger partial charge in [0.25, 0.3) is 0 Å². The average Bonchev–Trinajstić information content (AvgIpc) is 3.12. The highest BCUT2D eigenvalue weighted by atomic mass is 35.5. The van der Waals surface area contributed by atoms with Gasteiger partial charge in [0.2, 0.25) is 11.8 Å². The van der Waals surface area contributed by atoms with Crippen molar-refractivity contribution >= 4 is 24.2 Å². The summed E-state index contributed by atoms with van der Waals surface area (Å²) in [6.45, 7) is 5.08. The second-order valence-corrected chi connectivity index (χ2v) is 7.81. The van der Waals surface area contributed by atoms with Gasteiger partial charge in [0.15, 0.2) is 0 Å². The van der Waals surface area contributed by atoms with E-state index in [-0.39, 0.29) is 36.2 Å². The summed E-state index contributed by atoms with van der Waals surface area (Å²) in [5.41, 5.74) is 8.18. The van der Waals surface area contributed by atoms with Crippen molar-refractivity contribution in [2.24, 2.45) is 17.6 Å². The van der Waals surface area contributed by atoms with E-state index in [0.29, 0.717) is 25.4 Å². The van der Waals surface area contributed by atoms with Gasteiger partial charge in [0.1, 0.15) is 6.04 Å². The molecule has 1 saturated carbocycles. The van der Waals surface area contributed by atoms with Crippen LogP contribution in [-0.2, 0) is 22.6 Å². The summed E-state index contributed by atoms with van der Waals surface area (Å²) in [4.78, 5) is 27.8. The molecule has 3 N–H and O–H groups in total. The number of benzene rings is 1. The molecule has 0 aromatic heterocycles. The molecule has 1 aliphatic heterocycles. The number of rotatable bonds is 5. The molecule has 1 heterocycles. The molecule has 3 rings (SSSR count). The van der Waals surface area contributed by atoms with Crippen molar-refractivity contribution in [3.8, 4) is 0 Å². The van der Waals surface area contributed by atoms with Crippen LogP contribution in [0.4, 0.5) is 0 Å². The predicted molar refractivity (Wildman–Crippen MR) is 110 cm³/mol. The van der Waals surface area contributed by atoms with E-state index in [1.54, 1.807) is 4.90 Å². The molecule has 4 atom stereocenters. The highest BCUT2D eigenvalue weighted by Crippen LogP contribution is 2.28. The van der Waals surface area contributed by atoms with Crippen LogP contribution in [0.2, 0.25) is 0 Å². The van der Waals surface area contributed by atoms with Crippen LogP contribution >= 0.6 is 12.4 Å². The van der Waals surface area contributed by atoms with Crippen LogP contribution < -0.4 is 11.1 Å². The topological polar surface area (TPSA) is 75.4 Å². The molecule has 2 aliphatic rings. The minimum absolute atomic E-state index is 0. The smallest absolute Gasteiger partial charge is 0.243 e. The monoisotopic (exact) mass is 393 g/mol.